The van der Waals surface area contributed by atoms with Crippen LogP contribution in [0.2, 0.25) is 0 Å². The van der Waals surface area contributed by atoms with Crippen LogP contribution in [0, 0.1) is 5.82 Å². The average Bonchev–Trinajstić information content (AvgIpc) is 2.66. The van der Waals surface area contributed by atoms with Crippen molar-refractivity contribution >= 4 is 5.69 Å². The van der Waals surface area contributed by atoms with E-state index in [1.54, 1.807) is 0 Å². The molecule has 0 unspecified atom stereocenters. The molecule has 18 heavy (non-hydrogen) atoms. The van der Waals surface area contributed by atoms with Gasteiger partial charge in [-0.15, -0.1) is 0 Å². The molecule has 0 spiro atoms. The first kappa shape index (κ1) is 13.1. The predicted octanol–water partition coefficient (Wildman–Crippen LogP) is 3.17. The van der Waals surface area contributed by atoms with Gasteiger partial charge < -0.3 is 10.4 Å². The fourth-order valence-electron chi connectivity index (χ4n) is 2.12. The molecule has 6 heteroatoms. The number of nitrogens with one attached hydrogen (secondary N) is 1. The summed E-state index contributed by atoms with van der Waals surface area (Å²) in [6, 6.07) is 1.83. The highest BCUT2D eigenvalue weighted by molar-refractivity contribution is 5.49. The lowest BCUT2D eigenvalue weighted by atomic mass is 10.1. The van der Waals surface area contributed by atoms with Crippen molar-refractivity contribution in [3.63, 3.8) is 0 Å². The Balaban J connectivity index is 2.21. The lowest BCUT2D eigenvalue weighted by Gasteiger charge is -2.19. The van der Waals surface area contributed by atoms with Crippen molar-refractivity contribution < 1.29 is 22.7 Å². The van der Waals surface area contributed by atoms with Gasteiger partial charge >= 0.3 is 6.18 Å². The van der Waals surface area contributed by atoms with E-state index in [2.05, 4.69) is 5.32 Å². The van der Waals surface area contributed by atoms with Gasteiger partial charge in [0.15, 0.2) is 0 Å². The number of hydrogen-bond acceptors (Lipinski definition) is 2. The number of aliphatic hydroxyl groups is 1. The molecule has 100 valence electrons. The summed E-state index contributed by atoms with van der Waals surface area (Å²) in [5.74, 6) is -0.748. The predicted molar refractivity (Wildman–Crippen MR) is 58.7 cm³/mol. The molecule has 0 radical (unpaired) electrons. The lowest BCUT2D eigenvalue weighted by molar-refractivity contribution is -0.137. The molecule has 1 fully saturated rings. The second-order valence-corrected chi connectivity index (χ2v) is 4.44. The maximum absolute atomic E-state index is 13.4. The van der Waals surface area contributed by atoms with Crippen LogP contribution in [0.3, 0.4) is 0 Å². The van der Waals surface area contributed by atoms with Gasteiger partial charge in [-0.3, -0.25) is 0 Å². The van der Waals surface area contributed by atoms with E-state index in [-0.39, 0.29) is 11.7 Å². The molecule has 2 rings (SSSR count). The van der Waals surface area contributed by atoms with Gasteiger partial charge in [0.1, 0.15) is 5.82 Å². The Morgan fingerprint density at radius 1 is 1.22 bits per heavy atom. The number of aliphatic hydroxyl groups excluding tert-OH is 1. The summed E-state index contributed by atoms with van der Waals surface area (Å²) in [4.78, 5) is 0. The van der Waals surface area contributed by atoms with Gasteiger partial charge in [0, 0.05) is 0 Å². The monoisotopic (exact) mass is 263 g/mol. The van der Waals surface area contributed by atoms with Crippen molar-refractivity contribution in [1.29, 1.82) is 0 Å². The van der Waals surface area contributed by atoms with Crippen molar-refractivity contribution in [2.75, 3.05) is 5.32 Å². The molecule has 2 atom stereocenters. The summed E-state index contributed by atoms with van der Waals surface area (Å²) < 4.78 is 50.9. The maximum Gasteiger partial charge on any atom is 0.416 e. The van der Waals surface area contributed by atoms with E-state index in [0.717, 1.165) is 18.6 Å². The van der Waals surface area contributed by atoms with E-state index in [4.69, 9.17) is 0 Å². The maximum atomic E-state index is 13.4. The van der Waals surface area contributed by atoms with Crippen molar-refractivity contribution in [3.8, 4) is 0 Å². The summed E-state index contributed by atoms with van der Waals surface area (Å²) in [6.45, 7) is 0. The molecule has 1 aliphatic rings. The minimum atomic E-state index is -4.50. The fraction of sp³-hybridized carbons (Fsp3) is 0.500. The van der Waals surface area contributed by atoms with Crippen LogP contribution in [0.5, 0.6) is 0 Å². The van der Waals surface area contributed by atoms with Gasteiger partial charge in [0.25, 0.3) is 0 Å². The van der Waals surface area contributed by atoms with E-state index < -0.39 is 23.7 Å². The normalized spacial score (nSPS) is 24.3. The number of alkyl halides is 3. The third kappa shape index (κ3) is 2.75. The number of hydrogen-bond donors (Lipinski definition) is 2. The molecule has 0 aromatic heterocycles. The highest BCUT2D eigenvalue weighted by Crippen LogP contribution is 2.33. The Morgan fingerprint density at radius 3 is 2.50 bits per heavy atom. The third-order valence-corrected chi connectivity index (χ3v) is 3.11. The SMILES string of the molecule is O[C@H]1CCC[C@@H]1Nc1cc(C(F)(F)F)ccc1F. The zero-order valence-corrected chi connectivity index (χ0v) is 9.47. The lowest BCUT2D eigenvalue weighted by Crippen LogP contribution is -2.28. The van der Waals surface area contributed by atoms with Crippen LogP contribution >= 0.6 is 0 Å². The number of rotatable bonds is 2. The zero-order chi connectivity index (χ0) is 13.3. The standard InChI is InChI=1S/C12H13F4NO/c13-8-5-4-7(12(14,15)16)6-10(8)17-9-2-1-3-11(9)18/h4-6,9,11,17-18H,1-3H2/t9-,11-/m0/s1. The molecule has 0 heterocycles. The van der Waals surface area contributed by atoms with Crippen LogP contribution in [0.25, 0.3) is 0 Å². The summed E-state index contributed by atoms with van der Waals surface area (Å²) in [5, 5.41) is 12.2. The van der Waals surface area contributed by atoms with Crippen molar-refractivity contribution in [1.82, 2.24) is 0 Å². The zero-order valence-electron chi connectivity index (χ0n) is 9.47. The minimum Gasteiger partial charge on any atom is -0.391 e. The van der Waals surface area contributed by atoms with Crippen LogP contribution in [0.4, 0.5) is 23.2 Å². The van der Waals surface area contributed by atoms with Crippen LogP contribution in [-0.2, 0) is 6.18 Å². The Hall–Kier alpha value is -1.30. The molecular formula is C12H13F4NO. The fourth-order valence-corrected chi connectivity index (χ4v) is 2.12. The Kier molecular flexibility index (Phi) is 3.47. The van der Waals surface area contributed by atoms with E-state index in [0.29, 0.717) is 18.9 Å². The van der Waals surface area contributed by atoms with Gasteiger partial charge in [-0.2, -0.15) is 13.2 Å². The summed E-state index contributed by atoms with van der Waals surface area (Å²) >= 11 is 0. The smallest absolute Gasteiger partial charge is 0.391 e. The van der Waals surface area contributed by atoms with Gasteiger partial charge in [-0.25, -0.2) is 4.39 Å². The molecule has 2 nitrogen and oxygen atoms in total. The molecule has 2 N–H and O–H groups in total. The van der Waals surface area contributed by atoms with Crippen LogP contribution in [0.15, 0.2) is 18.2 Å². The summed E-state index contributed by atoms with van der Waals surface area (Å²) in [6.07, 6.45) is -3.16. The van der Waals surface area contributed by atoms with Crippen molar-refractivity contribution in [2.45, 2.75) is 37.6 Å². The molecule has 0 bridgehead atoms. The van der Waals surface area contributed by atoms with Crippen molar-refractivity contribution in [3.05, 3.63) is 29.6 Å². The van der Waals surface area contributed by atoms with Crippen LogP contribution < -0.4 is 5.32 Å². The van der Waals surface area contributed by atoms with Gasteiger partial charge in [-0.1, -0.05) is 0 Å². The van der Waals surface area contributed by atoms with Crippen LogP contribution in [0.1, 0.15) is 24.8 Å². The highest BCUT2D eigenvalue weighted by Gasteiger charge is 2.32. The Bertz CT molecular complexity index is 433. The Morgan fingerprint density at radius 2 is 1.94 bits per heavy atom. The minimum absolute atomic E-state index is 0.212. The molecule has 0 aliphatic heterocycles. The highest BCUT2D eigenvalue weighted by atomic mass is 19.4. The molecule has 1 saturated carbocycles. The second kappa shape index (κ2) is 4.76. The number of benzene rings is 1. The molecule has 1 aromatic rings. The van der Waals surface area contributed by atoms with Gasteiger partial charge in [-0.05, 0) is 37.5 Å². The quantitative estimate of drug-likeness (QED) is 0.803. The first-order valence-corrected chi connectivity index (χ1v) is 5.69. The summed E-state index contributed by atoms with van der Waals surface area (Å²) in [7, 11) is 0. The molecule has 1 aliphatic carbocycles. The summed E-state index contributed by atoms with van der Waals surface area (Å²) in [5.41, 5.74) is -1.12. The van der Waals surface area contributed by atoms with E-state index in [1.165, 1.54) is 0 Å². The third-order valence-electron chi connectivity index (χ3n) is 3.11. The first-order chi connectivity index (χ1) is 8.38. The van der Waals surface area contributed by atoms with Gasteiger partial charge in [0.2, 0.25) is 0 Å². The van der Waals surface area contributed by atoms with Crippen LogP contribution in [-0.4, -0.2) is 17.3 Å². The van der Waals surface area contributed by atoms with E-state index >= 15 is 0 Å². The second-order valence-electron chi connectivity index (χ2n) is 4.44. The molecule has 1 aromatic carbocycles. The molecular weight excluding hydrogens is 250 g/mol. The first-order valence-electron chi connectivity index (χ1n) is 5.69. The molecule has 0 amide bonds. The largest absolute Gasteiger partial charge is 0.416 e. The van der Waals surface area contributed by atoms with E-state index in [9.17, 15) is 22.7 Å². The van der Waals surface area contributed by atoms with Crippen molar-refractivity contribution in [2.24, 2.45) is 0 Å². The molecule has 0 saturated heterocycles. The van der Waals surface area contributed by atoms with E-state index in [1.807, 2.05) is 0 Å². The Labute approximate surface area is 102 Å². The van der Waals surface area contributed by atoms with Gasteiger partial charge in [0.05, 0.1) is 23.4 Å². The number of halogens is 4. The number of anilines is 1. The average molecular weight is 263 g/mol. The topological polar surface area (TPSA) is 32.3 Å².